The predicted octanol–water partition coefficient (Wildman–Crippen LogP) is 3.24. The van der Waals surface area contributed by atoms with Crippen LogP contribution in [0.1, 0.15) is 49.8 Å². The molecular weight excluding hydrogens is 278 g/mol. The smallest absolute Gasteiger partial charge is 0.326 e. The third kappa shape index (κ3) is 6.29. The molecule has 1 amide bonds. The highest BCUT2D eigenvalue weighted by molar-refractivity contribution is 5.83. The summed E-state index contributed by atoms with van der Waals surface area (Å²) in [7, 11) is 0. The molecule has 122 valence electrons. The number of hydrogen-bond donors (Lipinski definition) is 2. The second-order valence-electron chi connectivity index (χ2n) is 6.37. The molecule has 22 heavy (non-hydrogen) atoms. The molecular formula is C18H27NO3. The number of rotatable bonds is 8. The van der Waals surface area contributed by atoms with Crippen molar-refractivity contribution in [2.45, 2.75) is 59.4 Å². The van der Waals surface area contributed by atoms with Crippen molar-refractivity contribution in [2.75, 3.05) is 0 Å². The Bertz CT molecular complexity index is 523. The van der Waals surface area contributed by atoms with E-state index in [9.17, 15) is 9.59 Å². The highest BCUT2D eigenvalue weighted by Gasteiger charge is 2.20. The first kappa shape index (κ1) is 18.2. The molecule has 0 saturated carbocycles. The lowest BCUT2D eigenvalue weighted by Crippen LogP contribution is -2.41. The second-order valence-corrected chi connectivity index (χ2v) is 6.37. The minimum Gasteiger partial charge on any atom is -0.480 e. The van der Waals surface area contributed by atoms with Crippen molar-refractivity contribution in [3.63, 3.8) is 0 Å². The number of carboxylic acid groups (broad SMARTS) is 1. The number of carbonyl (C=O) groups is 2. The van der Waals surface area contributed by atoms with Gasteiger partial charge in [0.05, 0.1) is 0 Å². The fourth-order valence-corrected chi connectivity index (χ4v) is 2.53. The van der Waals surface area contributed by atoms with E-state index in [4.69, 9.17) is 5.11 Å². The number of benzene rings is 1. The molecule has 0 spiro atoms. The van der Waals surface area contributed by atoms with Crippen LogP contribution in [0.5, 0.6) is 0 Å². The lowest BCUT2D eigenvalue weighted by molar-refractivity contribution is -0.142. The van der Waals surface area contributed by atoms with Gasteiger partial charge in [-0.2, -0.15) is 0 Å². The quantitative estimate of drug-likeness (QED) is 0.775. The maximum Gasteiger partial charge on any atom is 0.326 e. The summed E-state index contributed by atoms with van der Waals surface area (Å²) in [4.78, 5) is 23.0. The first-order valence-electron chi connectivity index (χ1n) is 7.88. The third-order valence-electron chi connectivity index (χ3n) is 3.69. The van der Waals surface area contributed by atoms with Gasteiger partial charge in [0.1, 0.15) is 6.04 Å². The average molecular weight is 305 g/mol. The SMILES string of the molecule is Cc1ccc(CCCC(=O)NC(CC(C)C)C(=O)O)c(C)c1. The summed E-state index contributed by atoms with van der Waals surface area (Å²) in [5.74, 6) is -0.911. The van der Waals surface area contributed by atoms with Crippen LogP contribution in [0, 0.1) is 19.8 Å². The summed E-state index contributed by atoms with van der Waals surface area (Å²) in [6, 6.07) is 5.53. The Balaban J connectivity index is 2.43. The van der Waals surface area contributed by atoms with Crippen molar-refractivity contribution in [3.8, 4) is 0 Å². The molecule has 2 N–H and O–H groups in total. The Hall–Kier alpha value is -1.84. The van der Waals surface area contributed by atoms with E-state index in [1.54, 1.807) is 0 Å². The Labute approximate surface area is 132 Å². The molecule has 0 aliphatic carbocycles. The van der Waals surface area contributed by atoms with Crippen LogP contribution in [-0.2, 0) is 16.0 Å². The number of aliphatic carboxylic acids is 1. The molecule has 0 bridgehead atoms. The van der Waals surface area contributed by atoms with Crippen LogP contribution in [0.25, 0.3) is 0 Å². The molecule has 0 fully saturated rings. The van der Waals surface area contributed by atoms with E-state index in [-0.39, 0.29) is 11.8 Å². The van der Waals surface area contributed by atoms with E-state index in [0.29, 0.717) is 12.8 Å². The van der Waals surface area contributed by atoms with Crippen LogP contribution in [0.4, 0.5) is 0 Å². The van der Waals surface area contributed by atoms with Crippen molar-refractivity contribution >= 4 is 11.9 Å². The zero-order chi connectivity index (χ0) is 16.7. The van der Waals surface area contributed by atoms with E-state index < -0.39 is 12.0 Å². The zero-order valence-electron chi connectivity index (χ0n) is 14.0. The van der Waals surface area contributed by atoms with E-state index >= 15 is 0 Å². The van der Waals surface area contributed by atoms with Crippen LogP contribution in [-0.4, -0.2) is 23.0 Å². The third-order valence-corrected chi connectivity index (χ3v) is 3.69. The van der Waals surface area contributed by atoms with Gasteiger partial charge < -0.3 is 10.4 Å². The molecule has 1 aromatic rings. The topological polar surface area (TPSA) is 66.4 Å². The zero-order valence-corrected chi connectivity index (χ0v) is 14.0. The highest BCUT2D eigenvalue weighted by Crippen LogP contribution is 2.13. The Morgan fingerprint density at radius 3 is 2.45 bits per heavy atom. The Morgan fingerprint density at radius 1 is 1.23 bits per heavy atom. The normalized spacial score (nSPS) is 12.2. The molecule has 4 nitrogen and oxygen atoms in total. The standard InChI is InChI=1S/C18H27NO3/c1-12(2)10-16(18(21)22)19-17(20)7-5-6-15-9-8-13(3)11-14(15)4/h8-9,11-12,16H,5-7,10H2,1-4H3,(H,19,20)(H,21,22). The predicted molar refractivity (Wildman–Crippen MR) is 87.9 cm³/mol. The van der Waals surface area contributed by atoms with Crippen LogP contribution >= 0.6 is 0 Å². The van der Waals surface area contributed by atoms with E-state index in [1.165, 1.54) is 16.7 Å². The molecule has 1 unspecified atom stereocenters. The summed E-state index contributed by atoms with van der Waals surface area (Å²) in [5, 5.41) is 11.7. The number of hydrogen-bond acceptors (Lipinski definition) is 2. The average Bonchev–Trinajstić information content (AvgIpc) is 2.40. The number of carboxylic acids is 1. The van der Waals surface area contributed by atoms with Gasteiger partial charge in [-0.25, -0.2) is 4.79 Å². The molecule has 4 heteroatoms. The van der Waals surface area contributed by atoms with Gasteiger partial charge in [-0.1, -0.05) is 37.6 Å². The van der Waals surface area contributed by atoms with Gasteiger partial charge >= 0.3 is 5.97 Å². The first-order chi connectivity index (χ1) is 10.3. The maximum absolute atomic E-state index is 11.9. The van der Waals surface area contributed by atoms with Crippen molar-refractivity contribution in [1.82, 2.24) is 5.32 Å². The van der Waals surface area contributed by atoms with Crippen LogP contribution in [0.3, 0.4) is 0 Å². The van der Waals surface area contributed by atoms with Gasteiger partial charge in [-0.15, -0.1) is 0 Å². The molecule has 1 rings (SSSR count). The molecule has 0 radical (unpaired) electrons. The molecule has 1 atom stereocenters. The van der Waals surface area contributed by atoms with E-state index in [2.05, 4.69) is 37.4 Å². The van der Waals surface area contributed by atoms with Crippen LogP contribution in [0.15, 0.2) is 18.2 Å². The number of aryl methyl sites for hydroxylation is 3. The molecule has 0 aliphatic heterocycles. The van der Waals surface area contributed by atoms with Gasteiger partial charge in [0, 0.05) is 6.42 Å². The first-order valence-corrected chi connectivity index (χ1v) is 7.88. The van der Waals surface area contributed by atoms with Gasteiger partial charge in [0.2, 0.25) is 5.91 Å². The molecule has 0 heterocycles. The lowest BCUT2D eigenvalue weighted by Gasteiger charge is -2.16. The lowest BCUT2D eigenvalue weighted by atomic mass is 10.0. The summed E-state index contributed by atoms with van der Waals surface area (Å²) >= 11 is 0. The van der Waals surface area contributed by atoms with Gasteiger partial charge in [-0.3, -0.25) is 4.79 Å². The highest BCUT2D eigenvalue weighted by atomic mass is 16.4. The van der Waals surface area contributed by atoms with Crippen molar-refractivity contribution in [3.05, 3.63) is 34.9 Å². The van der Waals surface area contributed by atoms with Crippen molar-refractivity contribution in [1.29, 1.82) is 0 Å². The fourth-order valence-electron chi connectivity index (χ4n) is 2.53. The molecule has 0 aliphatic rings. The Kier molecular flexibility index (Phi) is 7.09. The summed E-state index contributed by atoms with van der Waals surface area (Å²) in [5.41, 5.74) is 3.72. The second kappa shape index (κ2) is 8.57. The minimum absolute atomic E-state index is 0.183. The molecule has 0 saturated heterocycles. The van der Waals surface area contributed by atoms with E-state index in [1.807, 2.05) is 13.8 Å². The molecule has 0 aromatic heterocycles. The van der Waals surface area contributed by atoms with E-state index in [0.717, 1.165) is 12.8 Å². The Morgan fingerprint density at radius 2 is 1.91 bits per heavy atom. The van der Waals surface area contributed by atoms with Gasteiger partial charge in [-0.05, 0) is 50.2 Å². The van der Waals surface area contributed by atoms with Crippen LogP contribution < -0.4 is 5.32 Å². The number of amides is 1. The number of nitrogens with one attached hydrogen (secondary N) is 1. The van der Waals surface area contributed by atoms with Crippen molar-refractivity contribution < 1.29 is 14.7 Å². The van der Waals surface area contributed by atoms with Crippen LogP contribution in [0.2, 0.25) is 0 Å². The number of carbonyl (C=O) groups excluding carboxylic acids is 1. The minimum atomic E-state index is -0.962. The summed E-state index contributed by atoms with van der Waals surface area (Å²) in [6.07, 6.45) is 2.37. The van der Waals surface area contributed by atoms with Gasteiger partial charge in [0.15, 0.2) is 0 Å². The largest absolute Gasteiger partial charge is 0.480 e. The van der Waals surface area contributed by atoms with Gasteiger partial charge in [0.25, 0.3) is 0 Å². The molecule has 1 aromatic carbocycles. The maximum atomic E-state index is 11.9. The monoisotopic (exact) mass is 305 g/mol. The fraction of sp³-hybridized carbons (Fsp3) is 0.556. The summed E-state index contributed by atoms with van der Waals surface area (Å²) < 4.78 is 0. The van der Waals surface area contributed by atoms with Crippen molar-refractivity contribution in [2.24, 2.45) is 5.92 Å². The summed E-state index contributed by atoms with van der Waals surface area (Å²) in [6.45, 7) is 8.03.